The molecule has 2 heterocycles. The van der Waals surface area contributed by atoms with E-state index in [9.17, 15) is 4.79 Å². The summed E-state index contributed by atoms with van der Waals surface area (Å²) >= 11 is 0. The van der Waals surface area contributed by atoms with Crippen LogP contribution in [0, 0.1) is 13.8 Å². The number of nitrogens with zero attached hydrogens (tertiary/aromatic N) is 2. The Labute approximate surface area is 135 Å². The first-order valence-electron chi connectivity index (χ1n) is 7.94. The fraction of sp³-hybridized carbons (Fsp3) is 0.389. The van der Waals surface area contributed by atoms with Crippen LogP contribution in [0.5, 0.6) is 0 Å². The molecule has 23 heavy (non-hydrogen) atoms. The number of rotatable bonds is 4. The Morgan fingerprint density at radius 2 is 2.17 bits per heavy atom. The van der Waals surface area contributed by atoms with Gasteiger partial charge in [-0.3, -0.25) is 9.78 Å². The predicted molar refractivity (Wildman–Crippen MR) is 90.8 cm³/mol. The van der Waals surface area contributed by atoms with Crippen LogP contribution in [-0.2, 0) is 4.84 Å². The fourth-order valence-electron chi connectivity index (χ4n) is 2.73. The molecule has 1 N–H and O–H groups in total. The Balaban J connectivity index is 1.72. The van der Waals surface area contributed by atoms with Crippen molar-refractivity contribution in [1.29, 1.82) is 0 Å². The number of oxime groups is 1. The molecule has 0 saturated heterocycles. The zero-order chi connectivity index (χ0) is 16.4. The van der Waals surface area contributed by atoms with Crippen molar-refractivity contribution in [1.82, 2.24) is 10.3 Å². The van der Waals surface area contributed by atoms with E-state index in [1.54, 1.807) is 0 Å². The molecule has 120 valence electrons. The smallest absolute Gasteiger partial charge is 0.253 e. The first-order chi connectivity index (χ1) is 11.1. The maximum Gasteiger partial charge on any atom is 0.253 e. The standard InChI is InChI=1S/C18H21N3O2/c1-4-14-9-15(23-21-14)10-19-18(22)16-8-13-7-11(2)5-6-17(13)20-12(16)3/h5-8,15H,4,9-10H2,1-3H3,(H,19,22)/t15-/m0/s1. The van der Waals surface area contributed by atoms with E-state index in [0.29, 0.717) is 12.1 Å². The van der Waals surface area contributed by atoms with E-state index in [-0.39, 0.29) is 12.0 Å². The van der Waals surface area contributed by atoms with E-state index < -0.39 is 0 Å². The van der Waals surface area contributed by atoms with E-state index >= 15 is 0 Å². The minimum absolute atomic E-state index is 0.0649. The number of carbonyl (C=O) groups excluding carboxylic acids is 1. The number of hydrogen-bond donors (Lipinski definition) is 1. The first-order valence-corrected chi connectivity index (χ1v) is 7.94. The molecule has 5 heteroatoms. The summed E-state index contributed by atoms with van der Waals surface area (Å²) in [6.45, 7) is 6.40. The molecule has 0 aliphatic carbocycles. The second-order valence-electron chi connectivity index (χ2n) is 5.97. The molecule has 0 fully saturated rings. The number of hydrogen-bond acceptors (Lipinski definition) is 4. The fourth-order valence-corrected chi connectivity index (χ4v) is 2.73. The van der Waals surface area contributed by atoms with Gasteiger partial charge < -0.3 is 10.2 Å². The number of pyridine rings is 1. The zero-order valence-electron chi connectivity index (χ0n) is 13.7. The lowest BCUT2D eigenvalue weighted by atomic mass is 10.1. The maximum absolute atomic E-state index is 12.5. The van der Waals surface area contributed by atoms with Gasteiger partial charge in [-0.15, -0.1) is 0 Å². The van der Waals surface area contributed by atoms with Gasteiger partial charge in [-0.05, 0) is 38.5 Å². The van der Waals surface area contributed by atoms with Crippen LogP contribution in [0.3, 0.4) is 0 Å². The van der Waals surface area contributed by atoms with E-state index in [4.69, 9.17) is 4.84 Å². The lowest BCUT2D eigenvalue weighted by Crippen LogP contribution is -2.32. The first kappa shape index (κ1) is 15.5. The molecule has 0 unspecified atom stereocenters. The second kappa shape index (κ2) is 6.36. The van der Waals surface area contributed by atoms with Crippen molar-refractivity contribution < 1.29 is 9.63 Å². The summed E-state index contributed by atoms with van der Waals surface area (Å²) < 4.78 is 0. The summed E-state index contributed by atoms with van der Waals surface area (Å²) in [6, 6.07) is 7.95. The Morgan fingerprint density at radius 1 is 1.35 bits per heavy atom. The monoisotopic (exact) mass is 311 g/mol. The summed E-state index contributed by atoms with van der Waals surface area (Å²) in [5.41, 5.74) is 4.44. The van der Waals surface area contributed by atoms with Crippen LogP contribution < -0.4 is 5.32 Å². The van der Waals surface area contributed by atoms with Crippen LogP contribution in [0.1, 0.15) is 41.4 Å². The van der Waals surface area contributed by atoms with Gasteiger partial charge in [-0.2, -0.15) is 0 Å². The third-order valence-corrected chi connectivity index (χ3v) is 4.10. The van der Waals surface area contributed by atoms with E-state index in [1.165, 1.54) is 0 Å². The number of aromatic nitrogens is 1. The number of aryl methyl sites for hydroxylation is 2. The van der Waals surface area contributed by atoms with Gasteiger partial charge in [0, 0.05) is 11.8 Å². The molecule has 1 aromatic carbocycles. The highest BCUT2D eigenvalue weighted by atomic mass is 16.6. The van der Waals surface area contributed by atoms with Gasteiger partial charge in [-0.1, -0.05) is 23.7 Å². The number of amides is 1. The van der Waals surface area contributed by atoms with Crippen molar-refractivity contribution >= 4 is 22.5 Å². The van der Waals surface area contributed by atoms with Gasteiger partial charge in [0.1, 0.15) is 6.10 Å². The molecule has 0 saturated carbocycles. The Morgan fingerprint density at radius 3 is 2.91 bits per heavy atom. The maximum atomic E-state index is 12.5. The van der Waals surface area contributed by atoms with Gasteiger partial charge in [-0.25, -0.2) is 0 Å². The molecule has 5 nitrogen and oxygen atoms in total. The number of carbonyl (C=O) groups is 1. The van der Waals surface area contributed by atoms with E-state index in [1.807, 2.05) is 38.1 Å². The largest absolute Gasteiger partial charge is 0.390 e. The van der Waals surface area contributed by atoms with Crippen LogP contribution in [0.15, 0.2) is 29.4 Å². The van der Waals surface area contributed by atoms with Crippen molar-refractivity contribution in [3.63, 3.8) is 0 Å². The van der Waals surface area contributed by atoms with Gasteiger partial charge >= 0.3 is 0 Å². The lowest BCUT2D eigenvalue weighted by molar-refractivity contribution is 0.0753. The Kier molecular flexibility index (Phi) is 4.28. The van der Waals surface area contributed by atoms with Crippen LogP contribution >= 0.6 is 0 Å². The summed E-state index contributed by atoms with van der Waals surface area (Å²) in [5, 5.41) is 7.92. The lowest BCUT2D eigenvalue weighted by Gasteiger charge is -2.12. The van der Waals surface area contributed by atoms with Crippen molar-refractivity contribution in [3.8, 4) is 0 Å². The third kappa shape index (κ3) is 3.33. The van der Waals surface area contributed by atoms with E-state index in [0.717, 1.165) is 40.7 Å². The van der Waals surface area contributed by atoms with Crippen LogP contribution in [0.2, 0.25) is 0 Å². The predicted octanol–water partition coefficient (Wildman–Crippen LogP) is 3.14. The summed E-state index contributed by atoms with van der Waals surface area (Å²) in [4.78, 5) is 22.3. The Hall–Kier alpha value is -2.43. The average molecular weight is 311 g/mol. The van der Waals surface area contributed by atoms with Gasteiger partial charge in [0.25, 0.3) is 5.91 Å². The highest BCUT2D eigenvalue weighted by Gasteiger charge is 2.21. The normalized spacial score (nSPS) is 17.0. The van der Waals surface area contributed by atoms with Crippen LogP contribution in [0.4, 0.5) is 0 Å². The van der Waals surface area contributed by atoms with Crippen LogP contribution in [0.25, 0.3) is 10.9 Å². The van der Waals surface area contributed by atoms with Gasteiger partial charge in [0.15, 0.2) is 0 Å². The molecule has 1 aliphatic rings. The highest BCUT2D eigenvalue weighted by Crippen LogP contribution is 2.18. The minimum Gasteiger partial charge on any atom is -0.390 e. The Bertz CT molecular complexity index is 783. The molecule has 0 bridgehead atoms. The summed E-state index contributed by atoms with van der Waals surface area (Å²) in [6.07, 6.45) is 1.60. The molecular formula is C18H21N3O2. The molecule has 1 amide bonds. The van der Waals surface area contributed by atoms with E-state index in [2.05, 4.69) is 22.4 Å². The molecule has 0 spiro atoms. The number of nitrogens with one attached hydrogen (secondary N) is 1. The number of benzene rings is 1. The minimum atomic E-state index is -0.119. The molecule has 1 atom stereocenters. The zero-order valence-corrected chi connectivity index (χ0v) is 13.7. The summed E-state index contributed by atoms with van der Waals surface area (Å²) in [7, 11) is 0. The average Bonchev–Trinajstić information content (AvgIpc) is 3.00. The molecule has 1 aliphatic heterocycles. The molecule has 0 radical (unpaired) electrons. The molecule has 2 aromatic rings. The van der Waals surface area contributed by atoms with Gasteiger partial charge in [0.2, 0.25) is 0 Å². The topological polar surface area (TPSA) is 63.6 Å². The van der Waals surface area contributed by atoms with Gasteiger partial charge in [0.05, 0.1) is 29.0 Å². The third-order valence-electron chi connectivity index (χ3n) is 4.10. The molecule has 1 aromatic heterocycles. The van der Waals surface area contributed by atoms with Crippen molar-refractivity contribution in [2.24, 2.45) is 5.16 Å². The second-order valence-corrected chi connectivity index (χ2v) is 5.97. The summed E-state index contributed by atoms with van der Waals surface area (Å²) in [5.74, 6) is -0.119. The highest BCUT2D eigenvalue weighted by molar-refractivity contribution is 5.98. The quantitative estimate of drug-likeness (QED) is 0.943. The van der Waals surface area contributed by atoms with Crippen molar-refractivity contribution in [3.05, 3.63) is 41.1 Å². The van der Waals surface area contributed by atoms with Crippen molar-refractivity contribution in [2.45, 2.75) is 39.7 Å². The molecule has 3 rings (SSSR count). The number of fused-ring (bicyclic) bond motifs is 1. The van der Waals surface area contributed by atoms with Crippen molar-refractivity contribution in [2.75, 3.05) is 6.54 Å². The SMILES string of the molecule is CCC1=NO[C@H](CNC(=O)c2cc3cc(C)ccc3nc2C)C1. The van der Waals surface area contributed by atoms with Crippen LogP contribution in [-0.4, -0.2) is 29.3 Å². The molecular weight excluding hydrogens is 290 g/mol.